The molecule has 2 aliphatic rings. The molecule has 1 aliphatic heterocycles. The summed E-state index contributed by atoms with van der Waals surface area (Å²) in [4.78, 5) is 22.4. The van der Waals surface area contributed by atoms with Gasteiger partial charge >= 0.3 is 6.03 Å². The van der Waals surface area contributed by atoms with Gasteiger partial charge in [-0.2, -0.15) is 0 Å². The number of hydrogen-bond acceptors (Lipinski definition) is 5. The zero-order valence-corrected chi connectivity index (χ0v) is 13.1. The highest BCUT2D eigenvalue weighted by molar-refractivity contribution is 5.97. The maximum atomic E-state index is 11.7. The number of primary amides is 1. The van der Waals surface area contributed by atoms with E-state index in [4.69, 9.17) is 15.2 Å². The lowest BCUT2D eigenvalue weighted by molar-refractivity contribution is -0.120. The number of fused-ring (bicyclic) bond motifs is 1. The number of amides is 3. The Morgan fingerprint density at radius 2 is 1.87 bits per heavy atom. The summed E-state index contributed by atoms with van der Waals surface area (Å²) in [6.07, 6.45) is 5.20. The van der Waals surface area contributed by atoms with Crippen LogP contribution >= 0.6 is 0 Å². The minimum atomic E-state index is -0.867. The summed E-state index contributed by atoms with van der Waals surface area (Å²) in [5.74, 6) is 0.402. The lowest BCUT2D eigenvalue weighted by Crippen LogP contribution is -2.43. The number of urea groups is 1. The standard InChI is InChI=1S/C16H21N3O4/c1-10(14(20)19-15(17)21)18-11-5-6-12-13(9-11)23-16(22-12)7-3-2-4-8-16/h5-6,9-10,18H,2-4,7-8H2,1H3,(H3,17,19,20,21)/t10-/m0/s1. The molecule has 124 valence electrons. The van der Waals surface area contributed by atoms with Gasteiger partial charge in [-0.05, 0) is 31.9 Å². The van der Waals surface area contributed by atoms with Crippen LogP contribution in [0.1, 0.15) is 39.0 Å². The molecule has 1 fully saturated rings. The summed E-state index contributed by atoms with van der Waals surface area (Å²) in [6, 6.07) is 3.99. The summed E-state index contributed by atoms with van der Waals surface area (Å²) < 4.78 is 12.1. The number of rotatable bonds is 3. The maximum absolute atomic E-state index is 11.7. The summed E-state index contributed by atoms with van der Waals surface area (Å²) in [5.41, 5.74) is 5.66. The first-order chi connectivity index (χ1) is 11.0. The Bertz CT molecular complexity index is 626. The van der Waals surface area contributed by atoms with Crippen LogP contribution in [0, 0.1) is 0 Å². The normalized spacial score (nSPS) is 19.2. The first-order valence-electron chi connectivity index (χ1n) is 7.86. The van der Waals surface area contributed by atoms with Crippen molar-refractivity contribution in [3.05, 3.63) is 18.2 Å². The van der Waals surface area contributed by atoms with E-state index in [0.717, 1.165) is 31.4 Å². The van der Waals surface area contributed by atoms with Crippen LogP contribution in [0.25, 0.3) is 0 Å². The van der Waals surface area contributed by atoms with Crippen molar-refractivity contribution >= 4 is 17.6 Å². The molecule has 1 aromatic rings. The lowest BCUT2D eigenvalue weighted by atomic mass is 9.94. The first kappa shape index (κ1) is 15.5. The summed E-state index contributed by atoms with van der Waals surface area (Å²) in [6.45, 7) is 1.64. The number of benzene rings is 1. The Morgan fingerprint density at radius 1 is 1.17 bits per heavy atom. The molecule has 3 amide bonds. The van der Waals surface area contributed by atoms with Gasteiger partial charge in [0, 0.05) is 24.6 Å². The van der Waals surface area contributed by atoms with Crippen LogP contribution in [0.4, 0.5) is 10.5 Å². The Balaban J connectivity index is 1.67. The number of carbonyl (C=O) groups excluding carboxylic acids is 2. The van der Waals surface area contributed by atoms with Gasteiger partial charge in [-0.3, -0.25) is 10.1 Å². The fraction of sp³-hybridized carbons (Fsp3) is 0.500. The molecule has 1 atom stereocenters. The van der Waals surface area contributed by atoms with Crippen LogP contribution in [0.3, 0.4) is 0 Å². The second-order valence-electron chi connectivity index (χ2n) is 6.06. The van der Waals surface area contributed by atoms with E-state index < -0.39 is 23.8 Å². The average molecular weight is 319 g/mol. The van der Waals surface area contributed by atoms with Gasteiger partial charge < -0.3 is 20.5 Å². The van der Waals surface area contributed by atoms with Crippen molar-refractivity contribution in [3.63, 3.8) is 0 Å². The van der Waals surface area contributed by atoms with E-state index in [1.165, 1.54) is 6.42 Å². The Kier molecular flexibility index (Phi) is 4.02. The number of ether oxygens (including phenoxy) is 2. The molecule has 1 aromatic carbocycles. The molecule has 0 unspecified atom stereocenters. The SMILES string of the molecule is C[C@H](Nc1ccc2c(c1)OC1(CCCCC1)O2)C(=O)NC(N)=O. The number of carbonyl (C=O) groups is 2. The Labute approximate surface area is 134 Å². The van der Waals surface area contributed by atoms with Crippen LogP contribution in [0.5, 0.6) is 11.5 Å². The van der Waals surface area contributed by atoms with E-state index in [9.17, 15) is 9.59 Å². The van der Waals surface area contributed by atoms with Gasteiger partial charge in [0.1, 0.15) is 6.04 Å². The molecule has 1 spiro atoms. The van der Waals surface area contributed by atoms with Crippen molar-refractivity contribution in [3.8, 4) is 11.5 Å². The molecule has 7 nitrogen and oxygen atoms in total. The van der Waals surface area contributed by atoms with Crippen molar-refractivity contribution in [2.75, 3.05) is 5.32 Å². The van der Waals surface area contributed by atoms with Crippen molar-refractivity contribution in [1.29, 1.82) is 0 Å². The zero-order chi connectivity index (χ0) is 16.4. The topological polar surface area (TPSA) is 103 Å². The van der Waals surface area contributed by atoms with Crippen LogP contribution in [0.15, 0.2) is 18.2 Å². The van der Waals surface area contributed by atoms with Gasteiger partial charge in [0.15, 0.2) is 11.5 Å². The molecule has 4 N–H and O–H groups in total. The smallest absolute Gasteiger partial charge is 0.318 e. The van der Waals surface area contributed by atoms with Crippen molar-refractivity contribution < 1.29 is 19.1 Å². The van der Waals surface area contributed by atoms with E-state index in [-0.39, 0.29) is 0 Å². The fourth-order valence-electron chi connectivity index (χ4n) is 3.02. The Morgan fingerprint density at radius 3 is 2.57 bits per heavy atom. The molecule has 0 bridgehead atoms. The highest BCUT2D eigenvalue weighted by Gasteiger charge is 2.42. The van der Waals surface area contributed by atoms with Gasteiger partial charge in [-0.15, -0.1) is 0 Å². The van der Waals surface area contributed by atoms with Crippen LogP contribution in [-0.4, -0.2) is 23.8 Å². The number of nitrogens with one attached hydrogen (secondary N) is 2. The van der Waals surface area contributed by atoms with Crippen LogP contribution in [0.2, 0.25) is 0 Å². The van der Waals surface area contributed by atoms with Gasteiger partial charge in [0.05, 0.1) is 0 Å². The number of anilines is 1. The van der Waals surface area contributed by atoms with Gasteiger partial charge in [-0.25, -0.2) is 4.79 Å². The third kappa shape index (κ3) is 3.33. The summed E-state index contributed by atoms with van der Waals surface area (Å²) in [5, 5.41) is 5.06. The number of nitrogens with two attached hydrogens (primary N) is 1. The van der Waals surface area contributed by atoms with E-state index in [1.54, 1.807) is 6.92 Å². The molecule has 23 heavy (non-hydrogen) atoms. The minimum Gasteiger partial charge on any atom is -0.448 e. The lowest BCUT2D eigenvalue weighted by Gasteiger charge is -2.31. The summed E-state index contributed by atoms with van der Waals surface area (Å²) in [7, 11) is 0. The molecular formula is C16H21N3O4. The number of imide groups is 1. The molecule has 0 aromatic heterocycles. The van der Waals surface area contributed by atoms with Gasteiger partial charge in [0.25, 0.3) is 5.79 Å². The fourth-order valence-corrected chi connectivity index (χ4v) is 3.02. The predicted octanol–water partition coefficient (Wildman–Crippen LogP) is 2.11. The number of hydrogen-bond donors (Lipinski definition) is 3. The average Bonchev–Trinajstić information content (AvgIpc) is 2.83. The van der Waals surface area contributed by atoms with Gasteiger partial charge in [0.2, 0.25) is 5.91 Å². The Hall–Kier alpha value is -2.44. The predicted molar refractivity (Wildman–Crippen MR) is 84.3 cm³/mol. The van der Waals surface area contributed by atoms with E-state index in [2.05, 4.69) is 5.32 Å². The quantitative estimate of drug-likeness (QED) is 0.792. The minimum absolute atomic E-state index is 0.487. The third-order valence-corrected chi connectivity index (χ3v) is 4.17. The highest BCUT2D eigenvalue weighted by atomic mass is 16.7. The third-order valence-electron chi connectivity index (χ3n) is 4.17. The second-order valence-corrected chi connectivity index (χ2v) is 6.06. The van der Waals surface area contributed by atoms with Crippen molar-refractivity contribution in [2.45, 2.75) is 50.9 Å². The monoisotopic (exact) mass is 319 g/mol. The first-order valence-corrected chi connectivity index (χ1v) is 7.86. The molecule has 0 saturated heterocycles. The van der Waals surface area contributed by atoms with Crippen LogP contribution < -0.4 is 25.8 Å². The van der Waals surface area contributed by atoms with E-state index >= 15 is 0 Å². The van der Waals surface area contributed by atoms with Crippen molar-refractivity contribution in [1.82, 2.24) is 5.32 Å². The molecule has 3 rings (SSSR count). The van der Waals surface area contributed by atoms with Crippen LogP contribution in [-0.2, 0) is 4.79 Å². The van der Waals surface area contributed by atoms with Crippen molar-refractivity contribution in [2.24, 2.45) is 5.73 Å². The molecule has 1 saturated carbocycles. The van der Waals surface area contributed by atoms with E-state index in [0.29, 0.717) is 11.4 Å². The molecule has 0 radical (unpaired) electrons. The molecule has 1 heterocycles. The van der Waals surface area contributed by atoms with E-state index in [1.807, 2.05) is 23.5 Å². The highest BCUT2D eigenvalue weighted by Crippen LogP contribution is 2.46. The molecule has 1 aliphatic carbocycles. The second kappa shape index (κ2) is 5.98. The maximum Gasteiger partial charge on any atom is 0.318 e. The molecule has 7 heteroatoms. The molecular weight excluding hydrogens is 298 g/mol. The largest absolute Gasteiger partial charge is 0.448 e. The summed E-state index contributed by atoms with van der Waals surface area (Å²) >= 11 is 0. The zero-order valence-electron chi connectivity index (χ0n) is 13.1. The van der Waals surface area contributed by atoms with Gasteiger partial charge in [-0.1, -0.05) is 6.42 Å².